The summed E-state index contributed by atoms with van der Waals surface area (Å²) >= 11 is 1.50. The van der Waals surface area contributed by atoms with E-state index in [4.69, 9.17) is 4.98 Å². The topological polar surface area (TPSA) is 50.2 Å². The summed E-state index contributed by atoms with van der Waals surface area (Å²) in [5, 5.41) is 3.04. The molecule has 2 heterocycles. The van der Waals surface area contributed by atoms with Crippen molar-refractivity contribution in [3.05, 3.63) is 41.3 Å². The van der Waals surface area contributed by atoms with E-state index in [1.54, 1.807) is 0 Å². The van der Waals surface area contributed by atoms with Crippen LogP contribution in [0.3, 0.4) is 0 Å². The zero-order valence-electron chi connectivity index (χ0n) is 13.1. The first-order valence-corrected chi connectivity index (χ1v) is 8.51. The van der Waals surface area contributed by atoms with E-state index in [1.807, 2.05) is 43.3 Å². The van der Waals surface area contributed by atoms with Crippen molar-refractivity contribution in [3.63, 3.8) is 0 Å². The molecule has 0 radical (unpaired) electrons. The molecule has 2 aromatic heterocycles. The molecule has 0 aliphatic heterocycles. The van der Waals surface area contributed by atoms with Gasteiger partial charge in [-0.2, -0.15) is 0 Å². The lowest BCUT2D eigenvalue weighted by Gasteiger charge is -2.14. The van der Waals surface area contributed by atoms with Crippen LogP contribution in [0.25, 0.3) is 16.0 Å². The van der Waals surface area contributed by atoms with Gasteiger partial charge in [0.05, 0.1) is 4.88 Å². The Kier molecular flexibility index (Phi) is 3.34. The summed E-state index contributed by atoms with van der Waals surface area (Å²) in [4.78, 5) is 20.7. The molecule has 0 atom stereocenters. The van der Waals surface area contributed by atoms with E-state index < -0.39 is 0 Å². The van der Waals surface area contributed by atoms with Gasteiger partial charge in [0.15, 0.2) is 0 Å². The first-order chi connectivity index (χ1) is 11.1. The van der Waals surface area contributed by atoms with Crippen LogP contribution in [0, 0.1) is 0 Å². The smallest absolute Gasteiger partial charge is 0.261 e. The molecule has 0 spiro atoms. The van der Waals surface area contributed by atoms with Gasteiger partial charge >= 0.3 is 0 Å². The number of para-hydroxylation sites is 1. The highest BCUT2D eigenvalue weighted by atomic mass is 32.1. The normalized spacial score (nSPS) is 14.2. The molecule has 1 aliphatic carbocycles. The second-order valence-corrected chi connectivity index (χ2v) is 7.06. The molecule has 1 saturated carbocycles. The molecule has 1 N–H and O–H groups in total. The van der Waals surface area contributed by atoms with Crippen LogP contribution in [0.1, 0.15) is 22.5 Å². The van der Waals surface area contributed by atoms with Crippen LogP contribution < -0.4 is 10.2 Å². The lowest BCUT2D eigenvalue weighted by atomic mass is 10.3. The van der Waals surface area contributed by atoms with Gasteiger partial charge in [-0.3, -0.25) is 9.36 Å². The third-order valence-electron chi connectivity index (χ3n) is 3.87. The number of nitrogens with zero attached hydrogens (tertiary/aromatic N) is 3. The number of hydrogen-bond acceptors (Lipinski definition) is 4. The third-order valence-corrected chi connectivity index (χ3v) is 4.98. The maximum absolute atomic E-state index is 12.3. The summed E-state index contributed by atoms with van der Waals surface area (Å²) in [6.45, 7) is 0. The minimum Gasteiger partial charge on any atom is -0.349 e. The molecule has 1 fully saturated rings. The lowest BCUT2D eigenvalue weighted by molar-refractivity contribution is 0.0955. The molecule has 0 bridgehead atoms. The van der Waals surface area contributed by atoms with Crippen molar-refractivity contribution in [2.75, 3.05) is 19.0 Å². The Balaban J connectivity index is 1.82. The second-order valence-electron chi connectivity index (χ2n) is 6.03. The molecular formula is C17H18N4OS. The lowest BCUT2D eigenvalue weighted by Crippen LogP contribution is -2.24. The highest BCUT2D eigenvalue weighted by molar-refractivity contribution is 7.20. The van der Waals surface area contributed by atoms with Gasteiger partial charge in [-0.1, -0.05) is 18.2 Å². The molecule has 1 aliphatic rings. The maximum Gasteiger partial charge on any atom is 0.261 e. The van der Waals surface area contributed by atoms with Crippen molar-refractivity contribution < 1.29 is 4.79 Å². The Bertz CT molecular complexity index is 861. The Morgan fingerprint density at radius 1 is 1.30 bits per heavy atom. The number of thiophene rings is 1. The monoisotopic (exact) mass is 326 g/mol. The number of rotatable bonds is 4. The zero-order valence-corrected chi connectivity index (χ0v) is 13.9. The predicted octanol–water partition coefficient (Wildman–Crippen LogP) is 3.05. The molecule has 118 valence electrons. The molecule has 5 nitrogen and oxygen atoms in total. The van der Waals surface area contributed by atoms with E-state index in [2.05, 4.69) is 22.0 Å². The Morgan fingerprint density at radius 2 is 2.04 bits per heavy atom. The number of aromatic nitrogens is 2. The largest absolute Gasteiger partial charge is 0.349 e. The van der Waals surface area contributed by atoms with Crippen LogP contribution in [-0.2, 0) is 0 Å². The van der Waals surface area contributed by atoms with Crippen LogP contribution in [-0.4, -0.2) is 35.6 Å². The number of carbonyl (C=O) groups excluding carboxylic acids is 1. The van der Waals surface area contributed by atoms with Gasteiger partial charge in [0, 0.05) is 25.8 Å². The molecule has 1 aromatic carbocycles. The first-order valence-electron chi connectivity index (χ1n) is 7.69. The van der Waals surface area contributed by atoms with Crippen molar-refractivity contribution in [3.8, 4) is 5.69 Å². The molecule has 1 amide bonds. The molecule has 6 heteroatoms. The van der Waals surface area contributed by atoms with Crippen molar-refractivity contribution in [2.24, 2.45) is 0 Å². The number of amides is 1. The Labute approximate surface area is 138 Å². The first kappa shape index (κ1) is 14.3. The van der Waals surface area contributed by atoms with E-state index in [0.29, 0.717) is 6.04 Å². The van der Waals surface area contributed by atoms with Crippen LogP contribution in [0.4, 0.5) is 5.95 Å². The SMILES string of the molecule is CN(C)c1nc2cc(C(=O)NC3CC3)sc2n1-c1ccccc1. The number of benzene rings is 1. The van der Waals surface area contributed by atoms with Crippen LogP contribution in [0.15, 0.2) is 36.4 Å². The highest BCUT2D eigenvalue weighted by Crippen LogP contribution is 2.33. The maximum atomic E-state index is 12.3. The van der Waals surface area contributed by atoms with E-state index in [9.17, 15) is 4.79 Å². The van der Waals surface area contributed by atoms with Gasteiger partial charge in [0.1, 0.15) is 10.3 Å². The van der Waals surface area contributed by atoms with E-state index >= 15 is 0 Å². The number of carbonyl (C=O) groups is 1. The molecule has 3 aromatic rings. The summed E-state index contributed by atoms with van der Waals surface area (Å²) in [5.41, 5.74) is 1.92. The van der Waals surface area contributed by atoms with Crippen molar-refractivity contribution in [1.82, 2.24) is 14.9 Å². The average Bonchev–Trinajstić information content (AvgIpc) is 3.13. The van der Waals surface area contributed by atoms with Crippen LogP contribution >= 0.6 is 11.3 Å². The fraction of sp³-hybridized carbons (Fsp3) is 0.294. The molecular weight excluding hydrogens is 308 g/mol. The number of fused-ring (bicyclic) bond motifs is 1. The van der Waals surface area contributed by atoms with E-state index in [1.165, 1.54) is 11.3 Å². The second kappa shape index (κ2) is 5.38. The molecule has 0 saturated heterocycles. The highest BCUT2D eigenvalue weighted by Gasteiger charge is 2.26. The number of hydrogen-bond donors (Lipinski definition) is 1. The minimum absolute atomic E-state index is 0.0153. The fourth-order valence-corrected chi connectivity index (χ4v) is 3.58. The molecule has 4 rings (SSSR count). The van der Waals surface area contributed by atoms with Gasteiger partial charge in [-0.25, -0.2) is 4.98 Å². The summed E-state index contributed by atoms with van der Waals surface area (Å²) in [6.07, 6.45) is 2.19. The minimum atomic E-state index is 0.0153. The third kappa shape index (κ3) is 2.59. The summed E-state index contributed by atoms with van der Waals surface area (Å²) < 4.78 is 2.11. The van der Waals surface area contributed by atoms with E-state index in [0.717, 1.165) is 39.7 Å². The predicted molar refractivity (Wildman–Crippen MR) is 93.8 cm³/mol. The fourth-order valence-electron chi connectivity index (χ4n) is 2.57. The average molecular weight is 326 g/mol. The molecule has 23 heavy (non-hydrogen) atoms. The van der Waals surface area contributed by atoms with Crippen molar-refractivity contribution in [1.29, 1.82) is 0 Å². The summed E-state index contributed by atoms with van der Waals surface area (Å²) in [7, 11) is 3.96. The van der Waals surface area contributed by atoms with Gasteiger partial charge in [0.25, 0.3) is 5.91 Å². The zero-order chi connectivity index (χ0) is 16.0. The van der Waals surface area contributed by atoms with Crippen molar-refractivity contribution >= 4 is 33.5 Å². The van der Waals surface area contributed by atoms with Gasteiger partial charge in [-0.05, 0) is 31.0 Å². The molecule has 0 unspecified atom stereocenters. The number of imidazole rings is 1. The van der Waals surface area contributed by atoms with Crippen LogP contribution in [0.5, 0.6) is 0 Å². The number of nitrogens with one attached hydrogen (secondary N) is 1. The van der Waals surface area contributed by atoms with Crippen molar-refractivity contribution in [2.45, 2.75) is 18.9 Å². The van der Waals surface area contributed by atoms with Crippen LogP contribution in [0.2, 0.25) is 0 Å². The van der Waals surface area contributed by atoms with Gasteiger partial charge < -0.3 is 10.2 Å². The Morgan fingerprint density at radius 3 is 2.70 bits per heavy atom. The quantitative estimate of drug-likeness (QED) is 0.802. The standard InChI is InChI=1S/C17H18N4OS/c1-20(2)17-19-13-10-14(15(22)18-11-8-9-11)23-16(13)21(17)12-6-4-3-5-7-12/h3-7,10-11H,8-9H2,1-2H3,(H,18,22). The van der Waals surface area contributed by atoms with E-state index in [-0.39, 0.29) is 5.91 Å². The van der Waals surface area contributed by atoms with Gasteiger partial charge in [0.2, 0.25) is 5.95 Å². The Hall–Kier alpha value is -2.34. The van der Waals surface area contributed by atoms with Gasteiger partial charge in [-0.15, -0.1) is 11.3 Å². The summed E-state index contributed by atoms with van der Waals surface area (Å²) in [5.74, 6) is 0.883. The summed E-state index contributed by atoms with van der Waals surface area (Å²) in [6, 6.07) is 12.4. The number of anilines is 1.